The van der Waals surface area contributed by atoms with Crippen molar-refractivity contribution in [2.45, 2.75) is 57.7 Å². The molecule has 0 radical (unpaired) electrons. The molecule has 16 heavy (non-hydrogen) atoms. The molecule has 0 spiro atoms. The van der Waals surface area contributed by atoms with Crippen molar-refractivity contribution in [3.05, 3.63) is 0 Å². The summed E-state index contributed by atoms with van der Waals surface area (Å²) in [7, 11) is 0. The van der Waals surface area contributed by atoms with Gasteiger partial charge in [-0.25, -0.2) is 0 Å². The third kappa shape index (κ3) is 3.63. The maximum Gasteiger partial charge on any atom is 0.391 e. The molecule has 96 valence electrons. The van der Waals surface area contributed by atoms with Gasteiger partial charge in [-0.1, -0.05) is 13.3 Å². The number of nitrogens with one attached hydrogen (secondary N) is 1. The van der Waals surface area contributed by atoms with Crippen LogP contribution in [-0.4, -0.2) is 12.2 Å². The number of halogens is 3. The zero-order valence-corrected chi connectivity index (χ0v) is 9.69. The Morgan fingerprint density at radius 2 is 1.81 bits per heavy atom. The van der Waals surface area contributed by atoms with E-state index in [4.69, 9.17) is 5.84 Å². The highest BCUT2D eigenvalue weighted by Gasteiger charge is 2.42. The van der Waals surface area contributed by atoms with Crippen molar-refractivity contribution in [2.75, 3.05) is 0 Å². The Labute approximate surface area is 94.7 Å². The maximum atomic E-state index is 12.5. The molecule has 1 rings (SSSR count). The van der Waals surface area contributed by atoms with Crippen molar-refractivity contribution >= 4 is 0 Å². The molecule has 1 aliphatic rings. The van der Waals surface area contributed by atoms with Crippen LogP contribution in [0.1, 0.15) is 45.4 Å². The van der Waals surface area contributed by atoms with Crippen LogP contribution < -0.4 is 11.3 Å². The highest BCUT2D eigenvalue weighted by atomic mass is 19.4. The number of hydrogen-bond acceptors (Lipinski definition) is 2. The molecule has 0 amide bonds. The molecule has 1 saturated carbocycles. The first-order chi connectivity index (χ1) is 7.49. The van der Waals surface area contributed by atoms with Gasteiger partial charge in [-0.15, -0.1) is 0 Å². The van der Waals surface area contributed by atoms with E-state index in [-0.39, 0.29) is 18.9 Å². The van der Waals surface area contributed by atoms with Crippen LogP contribution in [0.25, 0.3) is 0 Å². The lowest BCUT2D eigenvalue weighted by Crippen LogP contribution is -2.43. The lowest BCUT2D eigenvalue weighted by Gasteiger charge is -2.34. The summed E-state index contributed by atoms with van der Waals surface area (Å²) in [6, 6.07) is 0.180. The Kier molecular flexibility index (Phi) is 5.05. The fourth-order valence-electron chi connectivity index (χ4n) is 2.62. The second-order valence-electron chi connectivity index (χ2n) is 4.72. The van der Waals surface area contributed by atoms with Crippen LogP contribution in [0, 0.1) is 11.8 Å². The van der Waals surface area contributed by atoms with E-state index in [1.54, 1.807) is 0 Å². The maximum absolute atomic E-state index is 12.5. The molecule has 0 aliphatic heterocycles. The van der Waals surface area contributed by atoms with Crippen LogP contribution >= 0.6 is 0 Å². The number of alkyl halides is 3. The molecule has 1 aliphatic carbocycles. The van der Waals surface area contributed by atoms with Crippen LogP contribution in [0.3, 0.4) is 0 Å². The lowest BCUT2D eigenvalue weighted by atomic mass is 9.77. The molecule has 0 aromatic carbocycles. The predicted octanol–water partition coefficient (Wildman–Crippen LogP) is 2.99. The highest BCUT2D eigenvalue weighted by molar-refractivity contribution is 4.83. The van der Waals surface area contributed by atoms with Crippen molar-refractivity contribution in [1.29, 1.82) is 0 Å². The summed E-state index contributed by atoms with van der Waals surface area (Å²) in [6.45, 7) is 2.06. The summed E-state index contributed by atoms with van der Waals surface area (Å²) >= 11 is 0. The highest BCUT2D eigenvalue weighted by Crippen LogP contribution is 2.40. The van der Waals surface area contributed by atoms with Gasteiger partial charge >= 0.3 is 6.18 Å². The second-order valence-corrected chi connectivity index (χ2v) is 4.72. The van der Waals surface area contributed by atoms with E-state index in [1.807, 2.05) is 0 Å². The van der Waals surface area contributed by atoms with Gasteiger partial charge in [0.25, 0.3) is 0 Å². The third-order valence-corrected chi connectivity index (χ3v) is 3.62. The zero-order valence-electron chi connectivity index (χ0n) is 9.69. The molecule has 0 aromatic rings. The summed E-state index contributed by atoms with van der Waals surface area (Å²) in [5, 5.41) is 0. The average molecular weight is 238 g/mol. The van der Waals surface area contributed by atoms with Gasteiger partial charge in [0, 0.05) is 6.04 Å². The summed E-state index contributed by atoms with van der Waals surface area (Å²) in [5.74, 6) is 4.65. The van der Waals surface area contributed by atoms with Crippen molar-refractivity contribution in [3.8, 4) is 0 Å². The van der Waals surface area contributed by atoms with Crippen molar-refractivity contribution in [2.24, 2.45) is 17.7 Å². The van der Waals surface area contributed by atoms with E-state index in [0.29, 0.717) is 18.8 Å². The molecule has 1 atom stereocenters. The minimum Gasteiger partial charge on any atom is -0.271 e. The van der Waals surface area contributed by atoms with Gasteiger partial charge in [0.1, 0.15) is 0 Å². The number of hydrazine groups is 1. The molecule has 0 heterocycles. The Morgan fingerprint density at radius 1 is 1.25 bits per heavy atom. The Balaban J connectivity index is 2.41. The van der Waals surface area contributed by atoms with Gasteiger partial charge in [0.15, 0.2) is 0 Å². The number of rotatable bonds is 4. The molecule has 0 aromatic heterocycles. The first-order valence-corrected chi connectivity index (χ1v) is 6.01. The Morgan fingerprint density at radius 3 is 2.19 bits per heavy atom. The Hall–Kier alpha value is -0.290. The summed E-state index contributed by atoms with van der Waals surface area (Å²) < 4.78 is 37.4. The van der Waals surface area contributed by atoms with Crippen LogP contribution in [0.5, 0.6) is 0 Å². The van der Waals surface area contributed by atoms with E-state index in [1.165, 1.54) is 0 Å². The van der Waals surface area contributed by atoms with Crippen LogP contribution in [-0.2, 0) is 0 Å². The summed E-state index contributed by atoms with van der Waals surface area (Å²) in [4.78, 5) is 0. The van der Waals surface area contributed by atoms with Gasteiger partial charge in [-0.3, -0.25) is 11.3 Å². The monoisotopic (exact) mass is 238 g/mol. The van der Waals surface area contributed by atoms with E-state index in [2.05, 4.69) is 12.3 Å². The predicted molar refractivity (Wildman–Crippen MR) is 57.5 cm³/mol. The van der Waals surface area contributed by atoms with E-state index in [9.17, 15) is 13.2 Å². The molecular weight excluding hydrogens is 217 g/mol. The largest absolute Gasteiger partial charge is 0.391 e. The first-order valence-electron chi connectivity index (χ1n) is 6.01. The van der Waals surface area contributed by atoms with Crippen molar-refractivity contribution < 1.29 is 13.2 Å². The SMILES string of the molecule is CCCC(NN)C1CCC(C(F)(F)F)CC1. The van der Waals surface area contributed by atoms with Gasteiger partial charge < -0.3 is 0 Å². The zero-order chi connectivity index (χ0) is 12.2. The molecule has 3 N–H and O–H groups in total. The first kappa shape index (κ1) is 13.8. The van der Waals surface area contributed by atoms with Crippen molar-refractivity contribution in [3.63, 3.8) is 0 Å². The number of hydrogen-bond donors (Lipinski definition) is 2. The third-order valence-electron chi connectivity index (χ3n) is 3.62. The van der Waals surface area contributed by atoms with Gasteiger partial charge in [0.2, 0.25) is 0 Å². The fourth-order valence-corrected chi connectivity index (χ4v) is 2.62. The average Bonchev–Trinajstić information content (AvgIpc) is 2.25. The summed E-state index contributed by atoms with van der Waals surface area (Å²) in [6.07, 6.45) is -0.266. The van der Waals surface area contributed by atoms with Crippen LogP contribution in [0.2, 0.25) is 0 Å². The molecular formula is C11H21F3N2. The number of nitrogens with two attached hydrogens (primary N) is 1. The molecule has 0 bridgehead atoms. The van der Waals surface area contributed by atoms with Gasteiger partial charge in [0.05, 0.1) is 5.92 Å². The lowest BCUT2D eigenvalue weighted by molar-refractivity contribution is -0.184. The molecule has 1 unspecified atom stereocenters. The van der Waals surface area contributed by atoms with Crippen LogP contribution in [0.15, 0.2) is 0 Å². The Bertz CT molecular complexity index is 198. The second kappa shape index (κ2) is 5.87. The minimum absolute atomic E-state index is 0.180. The molecule has 2 nitrogen and oxygen atoms in total. The molecule has 0 saturated heterocycles. The summed E-state index contributed by atoms with van der Waals surface area (Å²) in [5.41, 5.74) is 2.75. The van der Waals surface area contributed by atoms with Gasteiger partial charge in [-0.2, -0.15) is 13.2 Å². The van der Waals surface area contributed by atoms with E-state index < -0.39 is 12.1 Å². The molecule has 5 heteroatoms. The minimum atomic E-state index is -4.01. The molecule has 1 fully saturated rings. The smallest absolute Gasteiger partial charge is 0.271 e. The van der Waals surface area contributed by atoms with Gasteiger partial charge in [-0.05, 0) is 38.0 Å². The normalized spacial score (nSPS) is 29.1. The topological polar surface area (TPSA) is 38.0 Å². The van der Waals surface area contributed by atoms with E-state index in [0.717, 1.165) is 12.8 Å². The quantitative estimate of drug-likeness (QED) is 0.583. The standard InChI is InChI=1S/C11H21F3N2/c1-2-3-10(16-15)8-4-6-9(7-5-8)11(12,13)14/h8-10,16H,2-7,15H2,1H3. The van der Waals surface area contributed by atoms with Crippen LogP contribution in [0.4, 0.5) is 13.2 Å². The fraction of sp³-hybridized carbons (Fsp3) is 1.00. The van der Waals surface area contributed by atoms with Crippen molar-refractivity contribution in [1.82, 2.24) is 5.43 Å². The van der Waals surface area contributed by atoms with E-state index >= 15 is 0 Å².